The van der Waals surface area contributed by atoms with Gasteiger partial charge in [-0.2, -0.15) is 4.31 Å². The van der Waals surface area contributed by atoms with E-state index >= 15 is 0 Å². The maximum Gasteiger partial charge on any atom is 0.243 e. The number of carbonyl (C=O) groups excluding carboxylic acids is 1. The first-order valence-corrected chi connectivity index (χ1v) is 11.6. The third kappa shape index (κ3) is 4.47. The number of amides is 1. The number of nitrogens with zero attached hydrogens (tertiary/aromatic N) is 3. The molecule has 3 rings (SSSR count). The number of likely N-dealkylation sites (N-methyl/N-ethyl adjacent to an activating group) is 1. The second-order valence-electron chi connectivity index (χ2n) is 7.81. The number of fused-ring (bicyclic) bond motifs is 1. The summed E-state index contributed by atoms with van der Waals surface area (Å²) in [7, 11) is -3.43. The highest BCUT2D eigenvalue weighted by Crippen LogP contribution is 2.31. The van der Waals surface area contributed by atoms with E-state index in [-0.39, 0.29) is 5.91 Å². The van der Waals surface area contributed by atoms with Gasteiger partial charge in [-0.3, -0.25) is 9.69 Å². The molecular weight excluding hydrogens is 374 g/mol. The summed E-state index contributed by atoms with van der Waals surface area (Å²) in [6, 6.07) is 5.24. The Morgan fingerprint density at radius 1 is 1.14 bits per heavy atom. The summed E-state index contributed by atoms with van der Waals surface area (Å²) in [6.07, 6.45) is 3.49. The second kappa shape index (κ2) is 8.76. The summed E-state index contributed by atoms with van der Waals surface area (Å²) >= 11 is 0. The summed E-state index contributed by atoms with van der Waals surface area (Å²) in [5.74, 6) is 0.0548. The number of rotatable bonds is 7. The van der Waals surface area contributed by atoms with Gasteiger partial charge >= 0.3 is 0 Å². The number of sulfonamides is 1. The van der Waals surface area contributed by atoms with E-state index < -0.39 is 10.0 Å². The van der Waals surface area contributed by atoms with Crippen LogP contribution in [-0.4, -0.2) is 62.8 Å². The molecule has 1 fully saturated rings. The number of hydrogen-bond acceptors (Lipinski definition) is 4. The highest BCUT2D eigenvalue weighted by atomic mass is 32.2. The number of benzene rings is 1. The van der Waals surface area contributed by atoms with E-state index in [1.54, 1.807) is 16.4 Å². The van der Waals surface area contributed by atoms with Gasteiger partial charge in [0.2, 0.25) is 15.9 Å². The van der Waals surface area contributed by atoms with Crippen molar-refractivity contribution in [3.8, 4) is 0 Å². The first kappa shape index (κ1) is 21.0. The Morgan fingerprint density at radius 3 is 2.50 bits per heavy atom. The van der Waals surface area contributed by atoms with Crippen LogP contribution in [0.3, 0.4) is 0 Å². The lowest BCUT2D eigenvalue weighted by Crippen LogP contribution is -2.43. The molecule has 2 heterocycles. The minimum Gasteiger partial charge on any atom is -0.311 e. The fourth-order valence-electron chi connectivity index (χ4n) is 4.01. The lowest BCUT2D eigenvalue weighted by molar-refractivity contribution is -0.119. The van der Waals surface area contributed by atoms with Crippen LogP contribution in [-0.2, 0) is 21.2 Å². The van der Waals surface area contributed by atoms with E-state index in [9.17, 15) is 13.2 Å². The Morgan fingerprint density at radius 2 is 1.86 bits per heavy atom. The number of aryl methyl sites for hydroxylation is 1. The molecule has 154 valence electrons. The molecule has 2 aliphatic heterocycles. The average Bonchev–Trinajstić information content (AvgIpc) is 3.21. The van der Waals surface area contributed by atoms with Crippen LogP contribution in [0.1, 0.15) is 38.7 Å². The van der Waals surface area contributed by atoms with Crippen molar-refractivity contribution in [2.45, 2.75) is 44.4 Å². The molecule has 6 nitrogen and oxygen atoms in total. The van der Waals surface area contributed by atoms with E-state index in [4.69, 9.17) is 0 Å². The molecule has 28 heavy (non-hydrogen) atoms. The van der Waals surface area contributed by atoms with Gasteiger partial charge < -0.3 is 4.90 Å². The standard InChI is InChI=1S/C21H31N3O3S/c1-4-22(15-17(2)3)16-21(25)24-13-7-8-18-14-19(9-10-20(18)24)28(26,27)23-11-5-6-12-23/h9-10,14H,2,4-8,11-13,15-16H2,1,3H3. The molecule has 0 N–H and O–H groups in total. The van der Waals surface area contributed by atoms with Gasteiger partial charge in [0.1, 0.15) is 0 Å². The summed E-state index contributed by atoms with van der Waals surface area (Å²) in [6.45, 7) is 11.6. The Balaban J connectivity index is 1.80. The Labute approximate surface area is 168 Å². The van der Waals surface area contributed by atoms with E-state index in [1.165, 1.54) is 0 Å². The third-order valence-electron chi connectivity index (χ3n) is 5.47. The first-order chi connectivity index (χ1) is 13.3. The lowest BCUT2D eigenvalue weighted by atomic mass is 10.0. The molecule has 7 heteroatoms. The largest absolute Gasteiger partial charge is 0.311 e. The second-order valence-corrected chi connectivity index (χ2v) is 9.75. The van der Waals surface area contributed by atoms with Crippen molar-refractivity contribution in [2.24, 2.45) is 0 Å². The van der Waals surface area contributed by atoms with Gasteiger partial charge in [0.15, 0.2) is 0 Å². The van der Waals surface area contributed by atoms with Crippen LogP contribution in [0.4, 0.5) is 5.69 Å². The average molecular weight is 406 g/mol. The number of hydrogen-bond donors (Lipinski definition) is 0. The quantitative estimate of drug-likeness (QED) is 0.655. The van der Waals surface area contributed by atoms with Crippen molar-refractivity contribution in [1.82, 2.24) is 9.21 Å². The predicted molar refractivity (Wildman–Crippen MR) is 112 cm³/mol. The minimum absolute atomic E-state index is 0.0548. The molecule has 1 saturated heterocycles. The highest BCUT2D eigenvalue weighted by molar-refractivity contribution is 7.89. The van der Waals surface area contributed by atoms with E-state index in [1.807, 2.05) is 24.8 Å². The maximum atomic E-state index is 12.9. The van der Waals surface area contributed by atoms with Crippen molar-refractivity contribution in [2.75, 3.05) is 44.2 Å². The zero-order chi connectivity index (χ0) is 20.3. The molecule has 2 aliphatic rings. The molecule has 0 saturated carbocycles. The van der Waals surface area contributed by atoms with Gasteiger partial charge in [0.05, 0.1) is 11.4 Å². The Bertz CT molecular complexity index is 844. The molecule has 0 unspecified atom stereocenters. The molecule has 0 bridgehead atoms. The normalized spacial score (nSPS) is 17.8. The molecule has 0 aromatic heterocycles. The van der Waals surface area contributed by atoms with E-state index in [0.717, 1.165) is 49.1 Å². The summed E-state index contributed by atoms with van der Waals surface area (Å²) < 4.78 is 27.3. The third-order valence-corrected chi connectivity index (χ3v) is 7.37. The highest BCUT2D eigenvalue weighted by Gasteiger charge is 2.30. The molecule has 1 aromatic rings. The van der Waals surface area contributed by atoms with Crippen LogP contribution in [0.15, 0.2) is 35.2 Å². The Hall–Kier alpha value is -1.70. The zero-order valence-corrected chi connectivity index (χ0v) is 17.8. The van der Waals surface area contributed by atoms with Crippen molar-refractivity contribution >= 4 is 21.6 Å². The molecule has 0 radical (unpaired) electrons. The maximum absolute atomic E-state index is 12.9. The summed E-state index contributed by atoms with van der Waals surface area (Å²) in [4.78, 5) is 17.2. The van der Waals surface area contributed by atoms with Gasteiger partial charge in [-0.05, 0) is 62.9 Å². The Kier molecular flexibility index (Phi) is 6.58. The van der Waals surface area contributed by atoms with Crippen LogP contribution >= 0.6 is 0 Å². The smallest absolute Gasteiger partial charge is 0.243 e. The molecular formula is C21H31N3O3S. The van der Waals surface area contributed by atoms with Crippen molar-refractivity contribution in [3.05, 3.63) is 35.9 Å². The van der Waals surface area contributed by atoms with Crippen LogP contribution in [0, 0.1) is 0 Å². The first-order valence-electron chi connectivity index (χ1n) is 10.1. The molecule has 0 atom stereocenters. The van der Waals surface area contributed by atoms with E-state index in [2.05, 4.69) is 11.5 Å². The van der Waals surface area contributed by atoms with Crippen molar-refractivity contribution < 1.29 is 13.2 Å². The van der Waals surface area contributed by atoms with E-state index in [0.29, 0.717) is 37.6 Å². The van der Waals surface area contributed by atoms with Crippen molar-refractivity contribution in [3.63, 3.8) is 0 Å². The number of anilines is 1. The van der Waals surface area contributed by atoms with Gasteiger partial charge in [0, 0.05) is 31.9 Å². The molecule has 0 aliphatic carbocycles. The fourth-order valence-corrected chi connectivity index (χ4v) is 5.58. The lowest BCUT2D eigenvalue weighted by Gasteiger charge is -2.32. The van der Waals surface area contributed by atoms with Gasteiger partial charge in [0.25, 0.3) is 0 Å². The van der Waals surface area contributed by atoms with Crippen LogP contribution < -0.4 is 4.90 Å². The van der Waals surface area contributed by atoms with Gasteiger partial charge in [-0.25, -0.2) is 8.42 Å². The van der Waals surface area contributed by atoms with Crippen LogP contribution in [0.25, 0.3) is 0 Å². The zero-order valence-electron chi connectivity index (χ0n) is 17.0. The summed E-state index contributed by atoms with van der Waals surface area (Å²) in [5, 5.41) is 0. The van der Waals surface area contributed by atoms with Gasteiger partial charge in [-0.15, -0.1) is 0 Å². The fraction of sp³-hybridized carbons (Fsp3) is 0.571. The van der Waals surface area contributed by atoms with Gasteiger partial charge in [-0.1, -0.05) is 19.1 Å². The van der Waals surface area contributed by atoms with Crippen LogP contribution in [0.2, 0.25) is 0 Å². The monoisotopic (exact) mass is 405 g/mol. The minimum atomic E-state index is -3.43. The molecule has 1 aromatic carbocycles. The molecule has 1 amide bonds. The predicted octanol–water partition coefficient (Wildman–Crippen LogP) is 2.65. The van der Waals surface area contributed by atoms with Crippen molar-refractivity contribution in [1.29, 1.82) is 0 Å². The topological polar surface area (TPSA) is 60.9 Å². The van der Waals surface area contributed by atoms with Crippen LogP contribution in [0.5, 0.6) is 0 Å². The summed E-state index contributed by atoms with van der Waals surface area (Å²) in [5.41, 5.74) is 2.83. The SMILES string of the molecule is C=C(C)CN(CC)CC(=O)N1CCCc2cc(S(=O)(=O)N3CCCC3)ccc21. The number of carbonyl (C=O) groups is 1. The molecule has 0 spiro atoms.